The van der Waals surface area contributed by atoms with E-state index in [1.165, 1.54) is 0 Å². The molecule has 6 heteroatoms. The second-order valence-electron chi connectivity index (χ2n) is 3.83. The van der Waals surface area contributed by atoms with Crippen molar-refractivity contribution in [3.8, 4) is 16.9 Å². The number of phenols is 1. The lowest BCUT2D eigenvalue weighted by molar-refractivity contribution is 0.473. The van der Waals surface area contributed by atoms with Crippen molar-refractivity contribution in [1.29, 1.82) is 0 Å². The topological polar surface area (TPSA) is 50.4 Å². The largest absolute Gasteiger partial charge is 0.506 e. The molecule has 0 fully saturated rings. The van der Waals surface area contributed by atoms with Gasteiger partial charge in [-0.25, -0.2) is 4.79 Å². The molecule has 0 aliphatic rings. The van der Waals surface area contributed by atoms with Crippen LogP contribution in [-0.2, 0) is 0 Å². The number of aromatic hydroxyl groups is 1. The molecular formula is C13H6Br2O3S. The molecule has 0 unspecified atom stereocenters. The molecular weight excluding hydrogens is 396 g/mol. The van der Waals surface area contributed by atoms with Gasteiger partial charge in [-0.05, 0) is 37.4 Å². The molecule has 96 valence electrons. The number of rotatable bonds is 1. The van der Waals surface area contributed by atoms with Gasteiger partial charge in [-0.1, -0.05) is 41.7 Å². The number of halogens is 2. The number of hydrogen-bond acceptors (Lipinski definition) is 4. The Kier molecular flexibility index (Phi) is 3.24. The average Bonchev–Trinajstić information content (AvgIpc) is 2.79. The molecule has 0 aliphatic heterocycles. The van der Waals surface area contributed by atoms with Crippen LogP contribution in [0, 0.1) is 0 Å². The monoisotopic (exact) mass is 400 g/mol. The first-order valence-corrected chi connectivity index (χ1v) is 7.69. The molecule has 1 N–H and O–H groups in total. The van der Waals surface area contributed by atoms with Crippen molar-refractivity contribution in [1.82, 2.24) is 0 Å². The van der Waals surface area contributed by atoms with Crippen molar-refractivity contribution >= 4 is 53.5 Å². The van der Waals surface area contributed by atoms with Crippen LogP contribution in [0.2, 0.25) is 0 Å². The fourth-order valence-corrected chi connectivity index (χ4v) is 3.70. The highest BCUT2D eigenvalue weighted by molar-refractivity contribution is 9.13. The summed E-state index contributed by atoms with van der Waals surface area (Å²) in [6, 6.07) is 9.39. The molecule has 0 saturated heterocycles. The van der Waals surface area contributed by atoms with Crippen LogP contribution in [0.1, 0.15) is 0 Å². The SMILES string of the molecule is O=c1oc2c(Br)c(Br)c(O)c(-c3ccccc3)c2s1. The van der Waals surface area contributed by atoms with Crippen LogP contribution < -0.4 is 4.94 Å². The molecule has 1 heterocycles. The Morgan fingerprint density at radius 2 is 1.79 bits per heavy atom. The lowest BCUT2D eigenvalue weighted by Crippen LogP contribution is -1.83. The molecule has 0 saturated carbocycles. The second kappa shape index (κ2) is 4.77. The van der Waals surface area contributed by atoms with Crippen molar-refractivity contribution in [3.05, 3.63) is 49.0 Å². The summed E-state index contributed by atoms with van der Waals surface area (Å²) in [6.07, 6.45) is 0. The summed E-state index contributed by atoms with van der Waals surface area (Å²) in [5.74, 6) is 0.0858. The Morgan fingerprint density at radius 1 is 1.11 bits per heavy atom. The quantitative estimate of drug-likeness (QED) is 0.639. The van der Waals surface area contributed by atoms with E-state index in [4.69, 9.17) is 4.42 Å². The van der Waals surface area contributed by atoms with Gasteiger partial charge in [-0.15, -0.1) is 0 Å². The lowest BCUT2D eigenvalue weighted by Gasteiger charge is -2.09. The van der Waals surface area contributed by atoms with Gasteiger partial charge in [0.15, 0.2) is 5.58 Å². The van der Waals surface area contributed by atoms with Crippen molar-refractivity contribution in [3.63, 3.8) is 0 Å². The summed E-state index contributed by atoms with van der Waals surface area (Å²) in [5.41, 5.74) is 1.87. The molecule has 1 aromatic heterocycles. The van der Waals surface area contributed by atoms with Gasteiger partial charge in [0, 0.05) is 5.56 Å². The summed E-state index contributed by atoms with van der Waals surface area (Å²) in [4.78, 5) is 11.1. The number of benzene rings is 2. The van der Waals surface area contributed by atoms with Gasteiger partial charge in [0.2, 0.25) is 0 Å². The summed E-state index contributed by atoms with van der Waals surface area (Å²) in [6.45, 7) is 0. The Balaban J connectivity index is 2.51. The van der Waals surface area contributed by atoms with Crippen LogP contribution in [0.4, 0.5) is 0 Å². The molecule has 3 rings (SSSR count). The van der Waals surface area contributed by atoms with Crippen LogP contribution in [-0.4, -0.2) is 5.11 Å². The minimum atomic E-state index is -0.398. The first-order chi connectivity index (χ1) is 9.09. The van der Waals surface area contributed by atoms with E-state index < -0.39 is 4.94 Å². The first-order valence-electron chi connectivity index (χ1n) is 5.28. The highest BCUT2D eigenvalue weighted by Crippen LogP contribution is 2.47. The predicted octanol–water partition coefficient (Wildman–Crippen LogP) is 4.75. The maximum absolute atomic E-state index is 11.5. The van der Waals surface area contributed by atoms with Crippen LogP contribution in [0.3, 0.4) is 0 Å². The van der Waals surface area contributed by atoms with Gasteiger partial charge < -0.3 is 9.52 Å². The lowest BCUT2D eigenvalue weighted by atomic mass is 10.0. The minimum Gasteiger partial charge on any atom is -0.506 e. The first kappa shape index (κ1) is 12.9. The molecule has 0 spiro atoms. The predicted molar refractivity (Wildman–Crippen MR) is 82.9 cm³/mol. The highest BCUT2D eigenvalue weighted by atomic mass is 79.9. The molecule has 2 aromatic carbocycles. The fraction of sp³-hybridized carbons (Fsp3) is 0. The maximum atomic E-state index is 11.5. The fourth-order valence-electron chi connectivity index (χ4n) is 1.88. The van der Waals surface area contributed by atoms with Crippen LogP contribution in [0.5, 0.6) is 5.75 Å². The molecule has 3 aromatic rings. The normalized spacial score (nSPS) is 11.1. The third-order valence-corrected chi connectivity index (χ3v) is 5.61. The molecule has 3 nitrogen and oxygen atoms in total. The van der Waals surface area contributed by atoms with E-state index in [2.05, 4.69) is 31.9 Å². The molecule has 0 radical (unpaired) electrons. The second-order valence-corrected chi connectivity index (χ2v) is 6.36. The van der Waals surface area contributed by atoms with Gasteiger partial charge in [-0.3, -0.25) is 0 Å². The van der Waals surface area contributed by atoms with E-state index in [-0.39, 0.29) is 5.75 Å². The van der Waals surface area contributed by atoms with Gasteiger partial charge in [0.05, 0.1) is 13.6 Å². The number of hydrogen-bond donors (Lipinski definition) is 1. The van der Waals surface area contributed by atoms with Gasteiger partial charge in [0.1, 0.15) is 5.75 Å². The van der Waals surface area contributed by atoms with Crippen molar-refractivity contribution in [2.24, 2.45) is 0 Å². The third-order valence-electron chi connectivity index (χ3n) is 2.70. The van der Waals surface area contributed by atoms with Gasteiger partial charge in [0.25, 0.3) is 0 Å². The standard InChI is InChI=1S/C13H6Br2O3S/c14-8-9(15)11-12(19-13(17)18-11)7(10(8)16)6-4-2-1-3-5-6/h1-5,16H. The molecule has 0 bridgehead atoms. The smallest absolute Gasteiger partial charge is 0.396 e. The van der Waals surface area contributed by atoms with E-state index >= 15 is 0 Å². The summed E-state index contributed by atoms with van der Waals surface area (Å²) < 4.78 is 6.81. The summed E-state index contributed by atoms with van der Waals surface area (Å²) in [5, 5.41) is 10.3. The van der Waals surface area contributed by atoms with Gasteiger partial charge in [-0.2, -0.15) is 0 Å². The van der Waals surface area contributed by atoms with Crippen LogP contribution >= 0.6 is 43.2 Å². The molecule has 0 amide bonds. The van der Waals surface area contributed by atoms with E-state index in [1.54, 1.807) is 0 Å². The van der Waals surface area contributed by atoms with E-state index in [9.17, 15) is 9.90 Å². The zero-order valence-corrected chi connectivity index (χ0v) is 13.3. The highest BCUT2D eigenvalue weighted by Gasteiger charge is 2.21. The summed E-state index contributed by atoms with van der Waals surface area (Å²) >= 11 is 7.60. The van der Waals surface area contributed by atoms with E-state index in [1.807, 2.05) is 30.3 Å². The van der Waals surface area contributed by atoms with Crippen molar-refractivity contribution < 1.29 is 9.52 Å². The minimum absolute atomic E-state index is 0.0858. The van der Waals surface area contributed by atoms with E-state index in [0.29, 0.717) is 24.8 Å². The maximum Gasteiger partial charge on any atom is 0.396 e. The Bertz CT molecular complexity index is 821. The average molecular weight is 402 g/mol. The van der Waals surface area contributed by atoms with Crippen LogP contribution in [0.15, 0.2) is 48.5 Å². The Hall–Kier alpha value is -1.11. The Morgan fingerprint density at radius 3 is 2.47 bits per heavy atom. The number of phenolic OH excluding ortho intramolecular Hbond substituents is 1. The summed E-state index contributed by atoms with van der Waals surface area (Å²) in [7, 11) is 0. The zero-order chi connectivity index (χ0) is 13.6. The third kappa shape index (κ3) is 2.04. The van der Waals surface area contributed by atoms with Crippen molar-refractivity contribution in [2.45, 2.75) is 0 Å². The van der Waals surface area contributed by atoms with E-state index in [0.717, 1.165) is 16.9 Å². The molecule has 0 aliphatic carbocycles. The number of fused-ring (bicyclic) bond motifs is 1. The Labute approximate surface area is 128 Å². The molecule has 0 atom stereocenters. The zero-order valence-electron chi connectivity index (χ0n) is 9.31. The van der Waals surface area contributed by atoms with Crippen molar-refractivity contribution in [2.75, 3.05) is 0 Å². The van der Waals surface area contributed by atoms with Crippen LogP contribution in [0.25, 0.3) is 21.4 Å². The van der Waals surface area contributed by atoms with Gasteiger partial charge >= 0.3 is 4.94 Å². The molecule has 19 heavy (non-hydrogen) atoms.